The molecule has 2 rings (SSSR count). The predicted octanol–water partition coefficient (Wildman–Crippen LogP) is 2.63. The maximum Gasteiger partial charge on any atom is 0.221 e. The quantitative estimate of drug-likeness (QED) is 0.869. The first-order valence-corrected chi connectivity index (χ1v) is 6.26. The van der Waals surface area contributed by atoms with Gasteiger partial charge in [0.05, 0.1) is 0 Å². The second kappa shape index (κ2) is 5.32. The van der Waals surface area contributed by atoms with Crippen molar-refractivity contribution >= 4 is 11.6 Å². The molecule has 0 aliphatic carbocycles. The first-order valence-electron chi connectivity index (χ1n) is 6.26. The minimum Gasteiger partial charge on any atom is -0.326 e. The van der Waals surface area contributed by atoms with E-state index in [1.54, 1.807) is 0 Å². The lowest BCUT2D eigenvalue weighted by Crippen LogP contribution is -2.26. The highest BCUT2D eigenvalue weighted by atomic mass is 16.1. The van der Waals surface area contributed by atoms with E-state index in [0.717, 1.165) is 12.2 Å². The second-order valence-electron chi connectivity index (χ2n) is 4.84. The first kappa shape index (κ1) is 12.1. The second-order valence-corrected chi connectivity index (χ2v) is 4.84. The summed E-state index contributed by atoms with van der Waals surface area (Å²) in [5.41, 5.74) is 2.16. The molecule has 1 unspecified atom stereocenters. The van der Waals surface area contributed by atoms with Crippen LogP contribution in [0.4, 0.5) is 5.69 Å². The summed E-state index contributed by atoms with van der Waals surface area (Å²) in [6.07, 6.45) is 2.60. The maximum atomic E-state index is 11.0. The molecule has 1 fully saturated rings. The average molecular weight is 232 g/mol. The lowest BCUT2D eigenvalue weighted by molar-refractivity contribution is -0.114. The summed E-state index contributed by atoms with van der Waals surface area (Å²) in [7, 11) is 0. The number of anilines is 1. The minimum atomic E-state index is -0.0170. The monoisotopic (exact) mass is 232 g/mol. The van der Waals surface area contributed by atoms with Crippen LogP contribution < -0.4 is 5.32 Å². The zero-order valence-corrected chi connectivity index (χ0v) is 10.6. The summed E-state index contributed by atoms with van der Waals surface area (Å²) in [5.74, 6) is -0.0170. The Morgan fingerprint density at radius 1 is 1.53 bits per heavy atom. The molecule has 0 aromatic heterocycles. The molecular formula is C14H20N2O. The van der Waals surface area contributed by atoms with Crippen LogP contribution in [0, 0.1) is 0 Å². The Morgan fingerprint density at radius 2 is 2.35 bits per heavy atom. The van der Waals surface area contributed by atoms with Crippen LogP contribution in [0.15, 0.2) is 24.3 Å². The fourth-order valence-corrected chi connectivity index (χ4v) is 2.41. The summed E-state index contributed by atoms with van der Waals surface area (Å²) in [4.78, 5) is 13.5. The number of carbonyl (C=O) groups excluding carboxylic acids is 1. The van der Waals surface area contributed by atoms with E-state index in [4.69, 9.17) is 0 Å². The molecule has 92 valence electrons. The molecule has 1 aliphatic heterocycles. The zero-order chi connectivity index (χ0) is 12.3. The number of hydrogen-bond acceptors (Lipinski definition) is 2. The molecule has 1 saturated heterocycles. The molecule has 3 heteroatoms. The molecule has 1 atom stereocenters. The standard InChI is InChI=1S/C14H20N2O/c1-11-5-4-8-16(11)10-13-6-3-7-14(9-13)15-12(2)17/h3,6-7,9,11H,4-5,8,10H2,1-2H3,(H,15,17). The van der Waals surface area contributed by atoms with E-state index in [1.807, 2.05) is 12.1 Å². The van der Waals surface area contributed by atoms with E-state index in [9.17, 15) is 4.79 Å². The van der Waals surface area contributed by atoms with Crippen LogP contribution in [0.5, 0.6) is 0 Å². The van der Waals surface area contributed by atoms with Crippen molar-refractivity contribution in [1.29, 1.82) is 0 Å². The van der Waals surface area contributed by atoms with Gasteiger partial charge in [0.15, 0.2) is 0 Å². The smallest absolute Gasteiger partial charge is 0.221 e. The van der Waals surface area contributed by atoms with Crippen molar-refractivity contribution in [2.45, 2.75) is 39.3 Å². The molecule has 0 radical (unpaired) electrons. The zero-order valence-electron chi connectivity index (χ0n) is 10.6. The van der Waals surface area contributed by atoms with Gasteiger partial charge < -0.3 is 5.32 Å². The van der Waals surface area contributed by atoms with E-state index >= 15 is 0 Å². The summed E-state index contributed by atoms with van der Waals surface area (Å²) >= 11 is 0. The molecule has 17 heavy (non-hydrogen) atoms. The summed E-state index contributed by atoms with van der Waals surface area (Å²) in [5, 5.41) is 2.82. The Morgan fingerprint density at radius 3 is 3.00 bits per heavy atom. The minimum absolute atomic E-state index is 0.0170. The SMILES string of the molecule is CC(=O)Nc1cccc(CN2CCCC2C)c1. The molecule has 3 nitrogen and oxygen atoms in total. The van der Waals surface area contributed by atoms with Crippen LogP contribution in [0.2, 0.25) is 0 Å². The molecule has 1 aromatic rings. The fraction of sp³-hybridized carbons (Fsp3) is 0.500. The van der Waals surface area contributed by atoms with Crippen molar-refractivity contribution in [3.63, 3.8) is 0 Å². The third-order valence-corrected chi connectivity index (χ3v) is 3.32. The number of hydrogen-bond donors (Lipinski definition) is 1. The lowest BCUT2D eigenvalue weighted by atomic mass is 10.1. The van der Waals surface area contributed by atoms with Gasteiger partial charge in [-0.05, 0) is 44.0 Å². The van der Waals surface area contributed by atoms with Gasteiger partial charge in [0.25, 0.3) is 0 Å². The number of carbonyl (C=O) groups is 1. The van der Waals surface area contributed by atoms with Crippen LogP contribution >= 0.6 is 0 Å². The molecule has 0 spiro atoms. The summed E-state index contributed by atoms with van der Waals surface area (Å²) < 4.78 is 0. The van der Waals surface area contributed by atoms with E-state index in [1.165, 1.54) is 31.9 Å². The third kappa shape index (κ3) is 3.30. The van der Waals surface area contributed by atoms with Crippen LogP contribution in [0.1, 0.15) is 32.3 Å². The molecule has 1 aliphatic rings. The van der Waals surface area contributed by atoms with E-state index in [-0.39, 0.29) is 5.91 Å². The Hall–Kier alpha value is -1.35. The van der Waals surface area contributed by atoms with Gasteiger partial charge in [-0.15, -0.1) is 0 Å². The van der Waals surface area contributed by atoms with Gasteiger partial charge in [-0.3, -0.25) is 9.69 Å². The van der Waals surface area contributed by atoms with Crippen LogP contribution in [-0.2, 0) is 11.3 Å². The molecule has 0 saturated carbocycles. The normalized spacial score (nSPS) is 20.5. The number of likely N-dealkylation sites (tertiary alicyclic amines) is 1. The molecule has 0 bridgehead atoms. The topological polar surface area (TPSA) is 32.3 Å². The van der Waals surface area contributed by atoms with Crippen molar-refractivity contribution in [2.24, 2.45) is 0 Å². The molecule has 1 N–H and O–H groups in total. The maximum absolute atomic E-state index is 11.0. The molecule has 1 amide bonds. The highest BCUT2D eigenvalue weighted by Crippen LogP contribution is 2.20. The molecule has 1 heterocycles. The molecular weight excluding hydrogens is 212 g/mol. The van der Waals surface area contributed by atoms with Gasteiger partial charge in [-0.1, -0.05) is 12.1 Å². The van der Waals surface area contributed by atoms with Crippen molar-refractivity contribution in [3.05, 3.63) is 29.8 Å². The van der Waals surface area contributed by atoms with Crippen molar-refractivity contribution in [3.8, 4) is 0 Å². The van der Waals surface area contributed by atoms with E-state index in [0.29, 0.717) is 6.04 Å². The fourth-order valence-electron chi connectivity index (χ4n) is 2.41. The Balaban J connectivity index is 2.03. The summed E-state index contributed by atoms with van der Waals surface area (Å²) in [6, 6.07) is 8.79. The van der Waals surface area contributed by atoms with Gasteiger partial charge in [0, 0.05) is 25.2 Å². The number of benzene rings is 1. The molecule has 1 aromatic carbocycles. The largest absolute Gasteiger partial charge is 0.326 e. The Labute approximate surface area is 103 Å². The predicted molar refractivity (Wildman–Crippen MR) is 69.9 cm³/mol. The van der Waals surface area contributed by atoms with E-state index in [2.05, 4.69) is 29.3 Å². The first-order chi connectivity index (χ1) is 8.15. The lowest BCUT2D eigenvalue weighted by Gasteiger charge is -2.21. The van der Waals surface area contributed by atoms with Crippen molar-refractivity contribution in [2.75, 3.05) is 11.9 Å². The van der Waals surface area contributed by atoms with Gasteiger partial charge >= 0.3 is 0 Å². The van der Waals surface area contributed by atoms with Crippen molar-refractivity contribution in [1.82, 2.24) is 4.90 Å². The van der Waals surface area contributed by atoms with Gasteiger partial charge in [-0.2, -0.15) is 0 Å². The van der Waals surface area contributed by atoms with Gasteiger partial charge in [0.2, 0.25) is 5.91 Å². The van der Waals surface area contributed by atoms with Crippen LogP contribution in [0.25, 0.3) is 0 Å². The van der Waals surface area contributed by atoms with Crippen molar-refractivity contribution < 1.29 is 4.79 Å². The number of amides is 1. The van der Waals surface area contributed by atoms with Gasteiger partial charge in [-0.25, -0.2) is 0 Å². The third-order valence-electron chi connectivity index (χ3n) is 3.32. The number of rotatable bonds is 3. The highest BCUT2D eigenvalue weighted by molar-refractivity contribution is 5.88. The summed E-state index contributed by atoms with van der Waals surface area (Å²) in [6.45, 7) is 5.99. The average Bonchev–Trinajstić information content (AvgIpc) is 2.64. The highest BCUT2D eigenvalue weighted by Gasteiger charge is 2.19. The van der Waals surface area contributed by atoms with Crippen LogP contribution in [-0.4, -0.2) is 23.4 Å². The van der Waals surface area contributed by atoms with Gasteiger partial charge in [0.1, 0.15) is 0 Å². The number of nitrogens with one attached hydrogen (secondary N) is 1. The number of nitrogens with zero attached hydrogens (tertiary/aromatic N) is 1. The Kier molecular flexibility index (Phi) is 3.79. The van der Waals surface area contributed by atoms with E-state index < -0.39 is 0 Å². The Bertz CT molecular complexity index is 403. The van der Waals surface area contributed by atoms with Crippen LogP contribution in [0.3, 0.4) is 0 Å².